The average Bonchev–Trinajstić information content (AvgIpc) is 2.82. The lowest BCUT2D eigenvalue weighted by atomic mass is 10.2. The molecule has 5 nitrogen and oxygen atoms in total. The van der Waals surface area contributed by atoms with Crippen LogP contribution in [0.5, 0.6) is 0 Å². The third kappa shape index (κ3) is 1.96. The van der Waals surface area contributed by atoms with Crippen LogP contribution in [0.4, 0.5) is 0 Å². The molecule has 1 aromatic heterocycles. The molecule has 0 amide bonds. The molecule has 0 aliphatic carbocycles. The first-order valence-corrected chi connectivity index (χ1v) is 5.24. The highest BCUT2D eigenvalue weighted by molar-refractivity contribution is 9.10. The summed E-state index contributed by atoms with van der Waals surface area (Å²) < 4.78 is 7.08. The fourth-order valence-corrected chi connectivity index (χ4v) is 1.68. The fourth-order valence-electron chi connectivity index (χ4n) is 1.27. The minimum absolute atomic E-state index is 0.387. The van der Waals surface area contributed by atoms with Gasteiger partial charge < -0.3 is 4.74 Å². The second-order valence-electron chi connectivity index (χ2n) is 3.02. The Morgan fingerprint density at radius 2 is 2.06 bits per heavy atom. The Bertz CT molecular complexity index is 511. The number of esters is 1. The molecule has 0 aliphatic heterocycles. The van der Waals surface area contributed by atoms with Crippen LogP contribution >= 0.6 is 15.9 Å². The van der Waals surface area contributed by atoms with Crippen LogP contribution < -0.4 is 0 Å². The molecule has 0 saturated heterocycles. The zero-order valence-electron chi connectivity index (χ0n) is 8.42. The van der Waals surface area contributed by atoms with Crippen molar-refractivity contribution in [2.75, 3.05) is 7.11 Å². The smallest absolute Gasteiger partial charge is 0.339 e. The van der Waals surface area contributed by atoms with Crippen molar-refractivity contribution in [1.82, 2.24) is 14.8 Å². The molecule has 82 valence electrons. The zero-order valence-corrected chi connectivity index (χ0v) is 10.0. The number of hydrogen-bond acceptors (Lipinski definition) is 4. The van der Waals surface area contributed by atoms with Gasteiger partial charge in [-0.25, -0.2) is 4.79 Å². The highest BCUT2D eigenvalue weighted by Gasteiger charge is 2.11. The van der Waals surface area contributed by atoms with E-state index in [9.17, 15) is 4.79 Å². The molecule has 0 N–H and O–H groups in total. The number of benzene rings is 1. The minimum Gasteiger partial charge on any atom is -0.465 e. The maximum Gasteiger partial charge on any atom is 0.339 e. The Morgan fingerprint density at radius 3 is 2.69 bits per heavy atom. The monoisotopic (exact) mass is 281 g/mol. The molecule has 0 saturated carbocycles. The number of methoxy groups -OCH3 is 1. The lowest BCUT2D eigenvalue weighted by Gasteiger charge is -2.06. The summed E-state index contributed by atoms with van der Waals surface area (Å²) in [6.45, 7) is 0. The zero-order chi connectivity index (χ0) is 11.5. The summed E-state index contributed by atoms with van der Waals surface area (Å²) in [4.78, 5) is 11.5. The van der Waals surface area contributed by atoms with E-state index >= 15 is 0 Å². The number of aromatic nitrogens is 3. The van der Waals surface area contributed by atoms with E-state index in [1.165, 1.54) is 7.11 Å². The van der Waals surface area contributed by atoms with E-state index < -0.39 is 0 Å². The van der Waals surface area contributed by atoms with Gasteiger partial charge in [-0.15, -0.1) is 10.2 Å². The van der Waals surface area contributed by atoms with Crippen molar-refractivity contribution in [1.29, 1.82) is 0 Å². The van der Waals surface area contributed by atoms with E-state index in [0.29, 0.717) is 10.0 Å². The van der Waals surface area contributed by atoms with Gasteiger partial charge >= 0.3 is 5.97 Å². The van der Waals surface area contributed by atoms with Gasteiger partial charge in [0.25, 0.3) is 0 Å². The molecule has 0 fully saturated rings. The van der Waals surface area contributed by atoms with Crippen LogP contribution in [-0.2, 0) is 4.74 Å². The number of ether oxygens (including phenoxy) is 1. The minimum atomic E-state index is -0.387. The lowest BCUT2D eigenvalue weighted by molar-refractivity contribution is 0.0599. The number of carbonyl (C=O) groups excluding carboxylic acids is 1. The molecular formula is C10H8BrN3O2. The first-order valence-electron chi connectivity index (χ1n) is 4.45. The average molecular weight is 282 g/mol. The third-order valence-electron chi connectivity index (χ3n) is 2.07. The van der Waals surface area contributed by atoms with Crippen molar-refractivity contribution in [2.45, 2.75) is 0 Å². The summed E-state index contributed by atoms with van der Waals surface area (Å²) in [5.41, 5.74) is 1.27. The van der Waals surface area contributed by atoms with Crippen LogP contribution in [0.15, 0.2) is 35.3 Å². The van der Waals surface area contributed by atoms with Crippen molar-refractivity contribution in [3.05, 3.63) is 40.9 Å². The summed E-state index contributed by atoms with van der Waals surface area (Å²) in [5, 5.41) is 7.40. The summed E-state index contributed by atoms with van der Waals surface area (Å²) in [6, 6.07) is 5.33. The Labute approximate surface area is 100 Å². The molecule has 2 aromatic rings. The van der Waals surface area contributed by atoms with Crippen LogP contribution in [0.3, 0.4) is 0 Å². The predicted octanol–water partition coefficient (Wildman–Crippen LogP) is 1.82. The first-order chi connectivity index (χ1) is 7.72. The van der Waals surface area contributed by atoms with E-state index in [-0.39, 0.29) is 5.97 Å². The maximum atomic E-state index is 11.5. The topological polar surface area (TPSA) is 57.0 Å². The lowest BCUT2D eigenvalue weighted by Crippen LogP contribution is -2.03. The highest BCUT2D eigenvalue weighted by Crippen LogP contribution is 2.20. The van der Waals surface area contributed by atoms with Crippen LogP contribution in [0.2, 0.25) is 0 Å². The standard InChI is InChI=1S/C10H8BrN3O2/c1-16-10(15)8-4-7(2-3-9(8)11)14-5-12-13-6-14/h2-6H,1H3. The Kier molecular flexibility index (Phi) is 3.00. The number of hydrogen-bond donors (Lipinski definition) is 0. The summed E-state index contributed by atoms with van der Waals surface area (Å²) in [5.74, 6) is -0.387. The number of rotatable bonds is 2. The van der Waals surface area contributed by atoms with Gasteiger partial charge in [-0.2, -0.15) is 0 Å². The van der Waals surface area contributed by atoms with Gasteiger partial charge in [0.05, 0.1) is 12.7 Å². The molecule has 0 unspecified atom stereocenters. The van der Waals surface area contributed by atoms with Crippen molar-refractivity contribution in [3.63, 3.8) is 0 Å². The van der Waals surface area contributed by atoms with Crippen LogP contribution in [0, 0.1) is 0 Å². The Balaban J connectivity index is 2.47. The van der Waals surface area contributed by atoms with Crippen molar-refractivity contribution in [2.24, 2.45) is 0 Å². The molecule has 0 radical (unpaired) electrons. The maximum absolute atomic E-state index is 11.5. The van der Waals surface area contributed by atoms with Gasteiger partial charge in [-0.3, -0.25) is 4.57 Å². The molecule has 1 heterocycles. The molecule has 2 rings (SSSR count). The second kappa shape index (κ2) is 4.44. The van der Waals surface area contributed by atoms with Crippen molar-refractivity contribution in [3.8, 4) is 5.69 Å². The van der Waals surface area contributed by atoms with E-state index in [1.807, 2.05) is 6.07 Å². The quantitative estimate of drug-likeness (QED) is 0.788. The molecule has 0 atom stereocenters. The number of halogens is 1. The Morgan fingerprint density at radius 1 is 1.38 bits per heavy atom. The van der Waals surface area contributed by atoms with E-state index in [4.69, 9.17) is 0 Å². The van der Waals surface area contributed by atoms with Gasteiger partial charge in [0.2, 0.25) is 0 Å². The van der Waals surface area contributed by atoms with E-state index in [2.05, 4.69) is 30.9 Å². The van der Waals surface area contributed by atoms with Gasteiger partial charge in [0, 0.05) is 10.2 Å². The highest BCUT2D eigenvalue weighted by atomic mass is 79.9. The van der Waals surface area contributed by atoms with Crippen molar-refractivity contribution >= 4 is 21.9 Å². The molecule has 0 spiro atoms. The molecule has 0 aliphatic rings. The van der Waals surface area contributed by atoms with Gasteiger partial charge in [-0.1, -0.05) is 0 Å². The SMILES string of the molecule is COC(=O)c1cc(-n2cnnc2)ccc1Br. The van der Waals surface area contributed by atoms with Crippen molar-refractivity contribution < 1.29 is 9.53 Å². The van der Waals surface area contributed by atoms with Crippen LogP contribution in [0.25, 0.3) is 5.69 Å². The Hall–Kier alpha value is -1.69. The summed E-state index contributed by atoms with van der Waals surface area (Å²) in [6.07, 6.45) is 3.12. The third-order valence-corrected chi connectivity index (χ3v) is 2.76. The molecule has 1 aromatic carbocycles. The van der Waals surface area contributed by atoms with E-state index in [0.717, 1.165) is 5.69 Å². The van der Waals surface area contributed by atoms with Crippen LogP contribution in [-0.4, -0.2) is 27.8 Å². The van der Waals surface area contributed by atoms with Gasteiger partial charge in [-0.05, 0) is 34.1 Å². The van der Waals surface area contributed by atoms with Crippen LogP contribution in [0.1, 0.15) is 10.4 Å². The number of nitrogens with zero attached hydrogens (tertiary/aromatic N) is 3. The van der Waals surface area contributed by atoms with Gasteiger partial charge in [0.1, 0.15) is 12.7 Å². The molecular weight excluding hydrogens is 274 g/mol. The van der Waals surface area contributed by atoms with Gasteiger partial charge in [0.15, 0.2) is 0 Å². The molecule has 0 bridgehead atoms. The first kappa shape index (κ1) is 10.8. The largest absolute Gasteiger partial charge is 0.465 e. The number of carbonyl (C=O) groups is 1. The fraction of sp³-hybridized carbons (Fsp3) is 0.100. The molecule has 16 heavy (non-hydrogen) atoms. The summed E-state index contributed by atoms with van der Waals surface area (Å²) in [7, 11) is 1.35. The summed E-state index contributed by atoms with van der Waals surface area (Å²) >= 11 is 3.29. The second-order valence-corrected chi connectivity index (χ2v) is 3.88. The van der Waals surface area contributed by atoms with E-state index in [1.54, 1.807) is 29.4 Å². The molecule has 6 heteroatoms. The normalized spacial score (nSPS) is 10.1. The predicted molar refractivity (Wildman–Crippen MR) is 60.4 cm³/mol.